The molecule has 0 aliphatic heterocycles. The maximum atomic E-state index is 10.4. The Balaban J connectivity index is 2.10. The smallest absolute Gasteiger partial charge is 0.0650 e. The molecule has 0 spiro atoms. The van der Waals surface area contributed by atoms with Crippen LogP contribution in [0.15, 0.2) is 12.2 Å². The van der Waals surface area contributed by atoms with Crippen molar-refractivity contribution < 1.29 is 5.11 Å². The van der Waals surface area contributed by atoms with E-state index in [2.05, 4.69) is 13.5 Å². The summed E-state index contributed by atoms with van der Waals surface area (Å²) in [5.74, 6) is 1.97. The molecule has 2 aliphatic carbocycles. The molecule has 2 fully saturated rings. The van der Waals surface area contributed by atoms with Crippen molar-refractivity contribution in [3.05, 3.63) is 12.2 Å². The summed E-state index contributed by atoms with van der Waals surface area (Å²) < 4.78 is 0. The maximum absolute atomic E-state index is 10.4. The van der Waals surface area contributed by atoms with Crippen LogP contribution in [0.4, 0.5) is 0 Å². The third-order valence-corrected chi connectivity index (χ3v) is 4.75. The monoisotopic (exact) mass is 208 g/mol. The van der Waals surface area contributed by atoms with E-state index in [1.807, 2.05) is 6.92 Å². The largest absolute Gasteiger partial charge is 0.390 e. The number of allylic oxidation sites excluding steroid dienone is 1. The molecular formula is C14H24O. The van der Waals surface area contributed by atoms with E-state index < -0.39 is 5.60 Å². The first kappa shape index (κ1) is 11.2. The molecule has 0 saturated heterocycles. The summed E-state index contributed by atoms with van der Waals surface area (Å²) in [5.41, 5.74) is 0.909. The van der Waals surface area contributed by atoms with Gasteiger partial charge >= 0.3 is 0 Å². The molecule has 1 heteroatoms. The lowest BCUT2D eigenvalue weighted by Crippen LogP contribution is -2.45. The number of hydrogen-bond donors (Lipinski definition) is 1. The molecule has 2 aliphatic rings. The first-order chi connectivity index (χ1) is 7.00. The fourth-order valence-corrected chi connectivity index (χ4v) is 3.70. The van der Waals surface area contributed by atoms with Gasteiger partial charge in [0, 0.05) is 0 Å². The van der Waals surface area contributed by atoms with Crippen LogP contribution in [0.2, 0.25) is 0 Å². The lowest BCUT2D eigenvalue weighted by molar-refractivity contribution is -0.0805. The molecule has 0 aromatic heterocycles. The highest BCUT2D eigenvalue weighted by atomic mass is 16.3. The van der Waals surface area contributed by atoms with Gasteiger partial charge in [0.2, 0.25) is 0 Å². The third kappa shape index (κ3) is 2.13. The lowest BCUT2D eigenvalue weighted by atomic mass is 9.60. The zero-order chi connectivity index (χ0) is 11.1. The van der Waals surface area contributed by atoms with Crippen LogP contribution in [0.5, 0.6) is 0 Å². The van der Waals surface area contributed by atoms with E-state index in [1.54, 1.807) is 0 Å². The van der Waals surface area contributed by atoms with E-state index in [0.717, 1.165) is 12.3 Å². The zero-order valence-electron chi connectivity index (χ0n) is 10.1. The predicted octanol–water partition coefficient (Wildman–Crippen LogP) is 3.53. The molecule has 86 valence electrons. The topological polar surface area (TPSA) is 20.2 Å². The van der Waals surface area contributed by atoms with Crippen molar-refractivity contribution in [1.29, 1.82) is 0 Å². The van der Waals surface area contributed by atoms with E-state index in [1.165, 1.54) is 37.7 Å². The van der Waals surface area contributed by atoms with Gasteiger partial charge in [0.05, 0.1) is 5.60 Å². The molecule has 2 rings (SSSR count). The highest BCUT2D eigenvalue weighted by Crippen LogP contribution is 2.48. The molecule has 4 atom stereocenters. The Morgan fingerprint density at radius 1 is 1.33 bits per heavy atom. The van der Waals surface area contributed by atoms with Crippen LogP contribution in [-0.4, -0.2) is 10.7 Å². The number of rotatable bonds is 1. The van der Waals surface area contributed by atoms with Crippen molar-refractivity contribution in [3.63, 3.8) is 0 Å². The van der Waals surface area contributed by atoms with Crippen molar-refractivity contribution in [2.75, 3.05) is 0 Å². The second-order valence-electron chi connectivity index (χ2n) is 5.97. The fourth-order valence-electron chi connectivity index (χ4n) is 3.70. The molecule has 0 unspecified atom stereocenters. The first-order valence-electron chi connectivity index (χ1n) is 6.38. The van der Waals surface area contributed by atoms with E-state index >= 15 is 0 Å². The Bertz CT molecular complexity index is 254. The first-order valence-corrected chi connectivity index (χ1v) is 6.38. The van der Waals surface area contributed by atoms with Crippen molar-refractivity contribution in [3.8, 4) is 0 Å². The van der Waals surface area contributed by atoms with Crippen LogP contribution in [0.3, 0.4) is 0 Å². The van der Waals surface area contributed by atoms with Gasteiger partial charge in [-0.05, 0) is 63.7 Å². The lowest BCUT2D eigenvalue weighted by Gasteiger charge is -2.47. The highest BCUT2D eigenvalue weighted by Gasteiger charge is 2.43. The van der Waals surface area contributed by atoms with Gasteiger partial charge in [-0.2, -0.15) is 0 Å². The minimum absolute atomic E-state index is 0.406. The molecule has 0 aromatic carbocycles. The van der Waals surface area contributed by atoms with E-state index in [-0.39, 0.29) is 0 Å². The molecule has 1 nitrogen and oxygen atoms in total. The average Bonchev–Trinajstić information content (AvgIpc) is 2.17. The maximum Gasteiger partial charge on any atom is 0.0650 e. The van der Waals surface area contributed by atoms with Gasteiger partial charge in [0.25, 0.3) is 0 Å². The number of aliphatic hydroxyl groups is 1. The van der Waals surface area contributed by atoms with Crippen LogP contribution in [-0.2, 0) is 0 Å². The fraction of sp³-hybridized carbons (Fsp3) is 0.857. The molecule has 0 bridgehead atoms. The molecule has 15 heavy (non-hydrogen) atoms. The van der Waals surface area contributed by atoms with E-state index in [9.17, 15) is 5.11 Å². The highest BCUT2D eigenvalue weighted by molar-refractivity contribution is 5.03. The third-order valence-electron chi connectivity index (χ3n) is 4.75. The second kappa shape index (κ2) is 3.93. The Labute approximate surface area is 93.6 Å². The normalized spacial score (nSPS) is 45.9. The summed E-state index contributed by atoms with van der Waals surface area (Å²) in [5, 5.41) is 10.4. The van der Waals surface area contributed by atoms with Gasteiger partial charge in [0.1, 0.15) is 0 Å². The van der Waals surface area contributed by atoms with Gasteiger partial charge in [-0.15, -0.1) is 0 Å². The minimum Gasteiger partial charge on any atom is -0.390 e. The minimum atomic E-state index is -0.406. The van der Waals surface area contributed by atoms with Gasteiger partial charge < -0.3 is 5.11 Å². The Hall–Kier alpha value is -0.300. The van der Waals surface area contributed by atoms with Crippen molar-refractivity contribution in [1.82, 2.24) is 0 Å². The van der Waals surface area contributed by atoms with E-state index in [0.29, 0.717) is 11.8 Å². The van der Waals surface area contributed by atoms with Crippen molar-refractivity contribution in [2.24, 2.45) is 17.8 Å². The average molecular weight is 208 g/mol. The molecule has 0 heterocycles. The predicted molar refractivity (Wildman–Crippen MR) is 63.6 cm³/mol. The van der Waals surface area contributed by atoms with Crippen LogP contribution in [0.1, 0.15) is 52.4 Å². The quantitative estimate of drug-likeness (QED) is 0.654. The van der Waals surface area contributed by atoms with Crippen molar-refractivity contribution in [2.45, 2.75) is 58.0 Å². The van der Waals surface area contributed by atoms with Gasteiger partial charge in [0.15, 0.2) is 0 Å². The summed E-state index contributed by atoms with van der Waals surface area (Å²) >= 11 is 0. The summed E-state index contributed by atoms with van der Waals surface area (Å²) in [6.45, 7) is 8.27. The van der Waals surface area contributed by atoms with Gasteiger partial charge in [-0.25, -0.2) is 0 Å². The van der Waals surface area contributed by atoms with Crippen LogP contribution >= 0.6 is 0 Å². The van der Waals surface area contributed by atoms with Crippen LogP contribution in [0.25, 0.3) is 0 Å². The second-order valence-corrected chi connectivity index (χ2v) is 5.97. The van der Waals surface area contributed by atoms with Crippen molar-refractivity contribution >= 4 is 0 Å². The summed E-state index contributed by atoms with van der Waals surface area (Å²) in [7, 11) is 0. The Kier molecular flexibility index (Phi) is 2.94. The molecule has 0 aromatic rings. The SMILES string of the molecule is C=C(C)[C@@H]1CC[C@H]2CCC[C@](C)(O)[C@@H]2C1. The number of hydrogen-bond acceptors (Lipinski definition) is 1. The molecule has 2 saturated carbocycles. The molecular weight excluding hydrogens is 184 g/mol. The Morgan fingerprint density at radius 2 is 2.07 bits per heavy atom. The number of fused-ring (bicyclic) bond motifs is 1. The molecule has 1 N–H and O–H groups in total. The molecule has 0 radical (unpaired) electrons. The van der Waals surface area contributed by atoms with Crippen LogP contribution < -0.4 is 0 Å². The van der Waals surface area contributed by atoms with E-state index in [4.69, 9.17) is 0 Å². The standard InChI is InChI=1S/C14H24O/c1-10(2)12-7-6-11-5-4-8-14(3,15)13(11)9-12/h11-13,15H,1,4-9H2,2-3H3/t11-,12-,13-,14+/m1/s1. The molecule has 0 amide bonds. The summed E-state index contributed by atoms with van der Waals surface area (Å²) in [6.07, 6.45) is 7.32. The Morgan fingerprint density at radius 3 is 2.73 bits per heavy atom. The van der Waals surface area contributed by atoms with Crippen LogP contribution in [0, 0.1) is 17.8 Å². The zero-order valence-corrected chi connectivity index (χ0v) is 10.1. The summed E-state index contributed by atoms with van der Waals surface area (Å²) in [6, 6.07) is 0. The van der Waals surface area contributed by atoms with Gasteiger partial charge in [-0.3, -0.25) is 0 Å². The van der Waals surface area contributed by atoms with Gasteiger partial charge in [-0.1, -0.05) is 18.6 Å². The summed E-state index contributed by atoms with van der Waals surface area (Å²) in [4.78, 5) is 0.